The van der Waals surface area contributed by atoms with Gasteiger partial charge in [-0.3, -0.25) is 10.1 Å². The zero-order valence-corrected chi connectivity index (χ0v) is 14.1. The minimum absolute atomic E-state index is 0.343. The molecule has 1 N–H and O–H groups in total. The lowest BCUT2D eigenvalue weighted by atomic mass is 10.1. The summed E-state index contributed by atoms with van der Waals surface area (Å²) in [5.41, 5.74) is 2.91. The highest BCUT2D eigenvalue weighted by Gasteiger charge is 2.16. The molecule has 0 atom stereocenters. The smallest absolute Gasteiger partial charge is 0.276 e. The van der Waals surface area contributed by atoms with Crippen LogP contribution in [-0.4, -0.2) is 39.5 Å². The van der Waals surface area contributed by atoms with Crippen LogP contribution in [0.2, 0.25) is 0 Å². The number of hydrogen-bond donors (Lipinski definition) is 1. The predicted octanol–water partition coefficient (Wildman–Crippen LogP) is 3.21. The first kappa shape index (κ1) is 15.8. The van der Waals surface area contributed by atoms with Gasteiger partial charge in [0.05, 0.1) is 19.9 Å². The second-order valence-electron chi connectivity index (χ2n) is 5.40. The fourth-order valence-corrected chi connectivity index (χ4v) is 2.52. The molecule has 0 saturated heterocycles. The molecule has 0 radical (unpaired) electrons. The van der Waals surface area contributed by atoms with E-state index in [4.69, 9.17) is 14.0 Å². The quantitative estimate of drug-likeness (QED) is 0.590. The van der Waals surface area contributed by atoms with Crippen LogP contribution in [0, 0.1) is 0 Å². The number of H-pyrrole nitrogens is 1. The maximum atomic E-state index is 5.43. The summed E-state index contributed by atoms with van der Waals surface area (Å²) in [6.45, 7) is 0. The summed E-state index contributed by atoms with van der Waals surface area (Å²) in [5.74, 6) is 2.17. The van der Waals surface area contributed by atoms with Crippen molar-refractivity contribution >= 4 is 0 Å². The SMILES string of the molecule is COc1ccc(-c2cc(-c3nc(-c4cccnc4)no3)[nH]n2)c(OC)c1. The van der Waals surface area contributed by atoms with Gasteiger partial charge in [-0.05, 0) is 30.3 Å². The van der Waals surface area contributed by atoms with Crippen molar-refractivity contribution in [1.29, 1.82) is 0 Å². The summed E-state index contributed by atoms with van der Waals surface area (Å²) < 4.78 is 16.0. The van der Waals surface area contributed by atoms with E-state index in [1.165, 1.54) is 0 Å². The fraction of sp³-hybridized carbons (Fsp3) is 0.111. The number of nitrogens with one attached hydrogen (secondary N) is 1. The minimum Gasteiger partial charge on any atom is -0.497 e. The lowest BCUT2D eigenvalue weighted by molar-refractivity contribution is 0.395. The molecule has 0 aliphatic rings. The van der Waals surface area contributed by atoms with E-state index in [-0.39, 0.29) is 0 Å². The fourth-order valence-electron chi connectivity index (χ4n) is 2.52. The van der Waals surface area contributed by atoms with Gasteiger partial charge in [-0.25, -0.2) is 0 Å². The number of aromatic nitrogens is 5. The molecule has 4 aromatic rings. The van der Waals surface area contributed by atoms with Crippen LogP contribution < -0.4 is 9.47 Å². The van der Waals surface area contributed by atoms with Crippen LogP contribution in [0.5, 0.6) is 11.5 Å². The molecule has 0 aliphatic heterocycles. The second-order valence-corrected chi connectivity index (χ2v) is 5.40. The molecule has 26 heavy (non-hydrogen) atoms. The van der Waals surface area contributed by atoms with Gasteiger partial charge in [0.2, 0.25) is 5.82 Å². The summed E-state index contributed by atoms with van der Waals surface area (Å²) in [7, 11) is 3.21. The molecule has 0 fully saturated rings. The van der Waals surface area contributed by atoms with E-state index in [0.717, 1.165) is 11.1 Å². The molecule has 0 spiro atoms. The van der Waals surface area contributed by atoms with E-state index in [9.17, 15) is 0 Å². The normalized spacial score (nSPS) is 10.7. The number of rotatable bonds is 5. The Hall–Kier alpha value is -3.68. The molecule has 0 amide bonds. The number of ether oxygens (including phenoxy) is 2. The second kappa shape index (κ2) is 6.67. The van der Waals surface area contributed by atoms with Crippen LogP contribution in [0.1, 0.15) is 0 Å². The molecule has 8 nitrogen and oxygen atoms in total. The van der Waals surface area contributed by atoms with Crippen molar-refractivity contribution in [2.24, 2.45) is 0 Å². The zero-order chi connectivity index (χ0) is 17.9. The monoisotopic (exact) mass is 349 g/mol. The molecule has 1 aromatic carbocycles. The first-order valence-electron chi connectivity index (χ1n) is 7.81. The van der Waals surface area contributed by atoms with Crippen LogP contribution in [0.3, 0.4) is 0 Å². The highest BCUT2D eigenvalue weighted by Crippen LogP contribution is 2.33. The van der Waals surface area contributed by atoms with Gasteiger partial charge in [0, 0.05) is 29.6 Å². The molecular weight excluding hydrogens is 334 g/mol. The van der Waals surface area contributed by atoms with E-state index in [2.05, 4.69) is 25.3 Å². The van der Waals surface area contributed by atoms with Crippen LogP contribution in [0.4, 0.5) is 0 Å². The Morgan fingerprint density at radius 1 is 1.08 bits per heavy atom. The maximum absolute atomic E-state index is 5.43. The summed E-state index contributed by atoms with van der Waals surface area (Å²) >= 11 is 0. The zero-order valence-electron chi connectivity index (χ0n) is 14.1. The number of benzene rings is 1. The lowest BCUT2D eigenvalue weighted by Crippen LogP contribution is -1.90. The van der Waals surface area contributed by atoms with E-state index in [1.54, 1.807) is 32.7 Å². The van der Waals surface area contributed by atoms with E-state index < -0.39 is 0 Å². The molecule has 3 aromatic heterocycles. The third-order valence-corrected chi connectivity index (χ3v) is 3.84. The maximum Gasteiger partial charge on any atom is 0.276 e. The molecule has 4 rings (SSSR count). The number of methoxy groups -OCH3 is 2. The Kier molecular flexibility index (Phi) is 4.06. The Balaban J connectivity index is 1.66. The number of hydrogen-bond acceptors (Lipinski definition) is 7. The molecule has 3 heterocycles. The van der Waals surface area contributed by atoms with E-state index in [1.807, 2.05) is 30.3 Å². The third-order valence-electron chi connectivity index (χ3n) is 3.84. The molecule has 0 bridgehead atoms. The summed E-state index contributed by atoms with van der Waals surface area (Å²) in [5, 5.41) is 11.2. The number of aromatic amines is 1. The number of pyridine rings is 1. The predicted molar refractivity (Wildman–Crippen MR) is 93.7 cm³/mol. The van der Waals surface area contributed by atoms with Crippen molar-refractivity contribution in [2.75, 3.05) is 14.2 Å². The average molecular weight is 349 g/mol. The Morgan fingerprint density at radius 3 is 2.77 bits per heavy atom. The van der Waals surface area contributed by atoms with Gasteiger partial charge in [0.25, 0.3) is 5.89 Å². The average Bonchev–Trinajstić information content (AvgIpc) is 3.37. The van der Waals surface area contributed by atoms with Crippen LogP contribution >= 0.6 is 0 Å². The van der Waals surface area contributed by atoms with Crippen molar-refractivity contribution in [3.05, 3.63) is 48.8 Å². The first-order chi connectivity index (χ1) is 12.8. The molecule has 0 aliphatic carbocycles. The van der Waals surface area contributed by atoms with Gasteiger partial charge in [-0.1, -0.05) is 5.16 Å². The van der Waals surface area contributed by atoms with E-state index >= 15 is 0 Å². The third kappa shape index (κ3) is 2.88. The molecule has 0 unspecified atom stereocenters. The molecule has 0 saturated carbocycles. The summed E-state index contributed by atoms with van der Waals surface area (Å²) in [6, 6.07) is 11.0. The van der Waals surface area contributed by atoms with Crippen LogP contribution in [0.25, 0.3) is 34.2 Å². The van der Waals surface area contributed by atoms with Crippen molar-refractivity contribution in [1.82, 2.24) is 25.3 Å². The van der Waals surface area contributed by atoms with Crippen molar-refractivity contribution in [3.63, 3.8) is 0 Å². The topological polar surface area (TPSA) is 99.0 Å². The lowest BCUT2D eigenvalue weighted by Gasteiger charge is -2.08. The van der Waals surface area contributed by atoms with Gasteiger partial charge in [0.15, 0.2) is 0 Å². The Morgan fingerprint density at radius 2 is 2.00 bits per heavy atom. The van der Waals surface area contributed by atoms with Crippen molar-refractivity contribution < 1.29 is 14.0 Å². The molecular formula is C18H15N5O3. The highest BCUT2D eigenvalue weighted by atomic mass is 16.5. The summed E-state index contributed by atoms with van der Waals surface area (Å²) in [4.78, 5) is 8.44. The van der Waals surface area contributed by atoms with Gasteiger partial charge >= 0.3 is 0 Å². The van der Waals surface area contributed by atoms with Crippen molar-refractivity contribution in [3.8, 4) is 45.7 Å². The van der Waals surface area contributed by atoms with Gasteiger partial charge in [-0.2, -0.15) is 10.1 Å². The first-order valence-corrected chi connectivity index (χ1v) is 7.81. The van der Waals surface area contributed by atoms with Gasteiger partial charge in [-0.15, -0.1) is 0 Å². The van der Waals surface area contributed by atoms with Crippen LogP contribution in [-0.2, 0) is 0 Å². The minimum atomic E-state index is 0.343. The highest BCUT2D eigenvalue weighted by molar-refractivity contribution is 5.71. The van der Waals surface area contributed by atoms with Gasteiger partial charge in [0.1, 0.15) is 17.2 Å². The van der Waals surface area contributed by atoms with Crippen LogP contribution in [0.15, 0.2) is 53.3 Å². The number of nitrogens with zero attached hydrogens (tertiary/aromatic N) is 4. The van der Waals surface area contributed by atoms with Gasteiger partial charge < -0.3 is 14.0 Å². The summed E-state index contributed by atoms with van der Waals surface area (Å²) in [6.07, 6.45) is 3.36. The largest absolute Gasteiger partial charge is 0.497 e. The Labute approximate surface area is 148 Å². The molecule has 130 valence electrons. The van der Waals surface area contributed by atoms with Crippen molar-refractivity contribution in [2.45, 2.75) is 0 Å². The molecule has 8 heteroatoms. The Bertz CT molecular complexity index is 1030. The standard InChI is InChI=1S/C18H15N5O3/c1-24-12-5-6-13(16(8-12)25-2)14-9-15(22-21-14)18-20-17(23-26-18)11-4-3-7-19-10-11/h3-10H,1-2H3,(H,21,22). The van der Waals surface area contributed by atoms with E-state index in [0.29, 0.717) is 34.6 Å².